The van der Waals surface area contributed by atoms with Gasteiger partial charge in [-0.1, -0.05) is 47.6 Å². The highest BCUT2D eigenvalue weighted by atomic mass is 79.9. The van der Waals surface area contributed by atoms with Crippen molar-refractivity contribution < 1.29 is 17.7 Å². The molecule has 0 aliphatic carbocycles. The Hall–Kier alpha value is -3.10. The van der Waals surface area contributed by atoms with Crippen LogP contribution in [-0.2, 0) is 10.0 Å². The van der Waals surface area contributed by atoms with E-state index >= 15 is 0 Å². The number of methoxy groups -OCH3 is 1. The van der Waals surface area contributed by atoms with Crippen molar-refractivity contribution in [2.45, 2.75) is 11.8 Å². The number of aryl methyl sites for hydroxylation is 1. The first kappa shape index (κ1) is 21.1. The predicted octanol–water partition coefficient (Wildman–Crippen LogP) is 5.89. The van der Waals surface area contributed by atoms with Gasteiger partial charge in [-0.15, -0.1) is 0 Å². The molecule has 0 aliphatic rings. The third-order valence-corrected chi connectivity index (χ3v) is 7.08. The fourth-order valence-corrected chi connectivity index (χ4v) is 4.46. The van der Waals surface area contributed by atoms with Crippen LogP contribution < -0.4 is 9.46 Å². The normalized spacial score (nSPS) is 11.3. The van der Waals surface area contributed by atoms with E-state index in [1.165, 1.54) is 0 Å². The Balaban J connectivity index is 1.58. The molecular formula is C23H19BrN2O4S. The van der Waals surface area contributed by atoms with Gasteiger partial charge in [0.25, 0.3) is 15.9 Å². The first-order valence-corrected chi connectivity index (χ1v) is 11.6. The van der Waals surface area contributed by atoms with Crippen molar-refractivity contribution in [3.63, 3.8) is 0 Å². The quantitative estimate of drug-likeness (QED) is 0.358. The third-order valence-electron chi connectivity index (χ3n) is 4.80. The van der Waals surface area contributed by atoms with E-state index in [1.807, 2.05) is 42.5 Å². The lowest BCUT2D eigenvalue weighted by Crippen LogP contribution is -2.12. The van der Waals surface area contributed by atoms with Crippen molar-refractivity contribution in [2.24, 2.45) is 0 Å². The summed E-state index contributed by atoms with van der Waals surface area (Å²) in [6.07, 6.45) is 0. The molecule has 0 fully saturated rings. The Morgan fingerprint density at radius 1 is 0.903 bits per heavy atom. The highest BCUT2D eigenvalue weighted by Gasteiger charge is 2.20. The molecule has 0 amide bonds. The maximum absolute atomic E-state index is 12.7. The number of aromatic nitrogens is 1. The number of hydrogen-bond donors (Lipinski definition) is 1. The monoisotopic (exact) mass is 498 g/mol. The fourth-order valence-electron chi connectivity index (χ4n) is 3.09. The van der Waals surface area contributed by atoms with Crippen LogP contribution in [-0.4, -0.2) is 20.7 Å². The average molecular weight is 499 g/mol. The van der Waals surface area contributed by atoms with Crippen molar-refractivity contribution in [1.29, 1.82) is 0 Å². The van der Waals surface area contributed by atoms with E-state index < -0.39 is 10.0 Å². The van der Waals surface area contributed by atoms with E-state index in [9.17, 15) is 8.42 Å². The second kappa shape index (κ2) is 8.56. The molecule has 4 aromatic rings. The van der Waals surface area contributed by atoms with Crippen molar-refractivity contribution >= 4 is 31.8 Å². The van der Waals surface area contributed by atoms with Gasteiger partial charge in [0.05, 0.1) is 17.7 Å². The van der Waals surface area contributed by atoms with Gasteiger partial charge in [-0.3, -0.25) is 0 Å². The predicted molar refractivity (Wildman–Crippen MR) is 124 cm³/mol. The molecule has 8 heteroatoms. The van der Waals surface area contributed by atoms with Gasteiger partial charge < -0.3 is 9.26 Å². The molecule has 1 heterocycles. The lowest BCUT2D eigenvalue weighted by molar-refractivity contribution is 0.415. The number of rotatable bonds is 6. The van der Waals surface area contributed by atoms with E-state index in [0.29, 0.717) is 10.2 Å². The Morgan fingerprint density at radius 2 is 1.48 bits per heavy atom. The summed E-state index contributed by atoms with van der Waals surface area (Å²) in [6, 6.07) is 22.6. The summed E-state index contributed by atoms with van der Waals surface area (Å²) in [4.78, 5) is 0.128. The van der Waals surface area contributed by atoms with E-state index in [4.69, 9.17) is 9.26 Å². The Kier molecular flexibility index (Phi) is 5.84. The van der Waals surface area contributed by atoms with E-state index in [-0.39, 0.29) is 10.8 Å². The molecule has 6 nitrogen and oxygen atoms in total. The fraction of sp³-hybridized carbons (Fsp3) is 0.0870. The maximum Gasteiger partial charge on any atom is 0.264 e. The van der Waals surface area contributed by atoms with E-state index in [2.05, 4.69) is 31.9 Å². The molecule has 31 heavy (non-hydrogen) atoms. The molecule has 1 aromatic heterocycles. The molecule has 0 unspecified atom stereocenters. The summed E-state index contributed by atoms with van der Waals surface area (Å²) in [6.45, 7) is 1.71. The summed E-state index contributed by atoms with van der Waals surface area (Å²) >= 11 is 3.26. The smallest absolute Gasteiger partial charge is 0.264 e. The van der Waals surface area contributed by atoms with Crippen LogP contribution in [0.25, 0.3) is 22.3 Å². The first-order chi connectivity index (χ1) is 14.9. The van der Waals surface area contributed by atoms with Gasteiger partial charge in [0, 0.05) is 0 Å². The second-order valence-corrected chi connectivity index (χ2v) is 9.33. The van der Waals surface area contributed by atoms with Gasteiger partial charge in [0.15, 0.2) is 0 Å². The number of halogens is 1. The summed E-state index contributed by atoms with van der Waals surface area (Å²) in [7, 11) is -2.17. The zero-order valence-corrected chi connectivity index (χ0v) is 19.2. The van der Waals surface area contributed by atoms with Gasteiger partial charge in [0.2, 0.25) is 0 Å². The lowest BCUT2D eigenvalue weighted by atomic mass is 9.99. The molecule has 3 aromatic carbocycles. The molecule has 0 aliphatic heterocycles. The highest BCUT2D eigenvalue weighted by molar-refractivity contribution is 9.10. The van der Waals surface area contributed by atoms with Crippen molar-refractivity contribution in [3.05, 3.63) is 83.0 Å². The maximum atomic E-state index is 12.7. The standard InChI is InChI=1S/C23H19BrN2O4S/c1-15-22(24)23(30-25-15)26-31(27,28)21-12-8-17(9-13-21)19-5-3-4-18(14-19)16-6-10-20(29-2)11-7-16/h3-14,26H,1-2H3. The van der Waals surface area contributed by atoms with Crippen LogP contribution in [0.3, 0.4) is 0 Å². The van der Waals surface area contributed by atoms with E-state index in [0.717, 1.165) is 28.0 Å². The number of anilines is 1. The number of benzene rings is 3. The second-order valence-electron chi connectivity index (χ2n) is 6.85. The van der Waals surface area contributed by atoms with Crippen molar-refractivity contribution in [1.82, 2.24) is 5.16 Å². The molecule has 1 N–H and O–H groups in total. The molecule has 0 bridgehead atoms. The van der Waals surface area contributed by atoms with Crippen LogP contribution in [0, 0.1) is 6.92 Å². The topological polar surface area (TPSA) is 81.4 Å². The van der Waals surface area contributed by atoms with Crippen LogP contribution in [0.5, 0.6) is 5.75 Å². The van der Waals surface area contributed by atoms with Crippen LogP contribution in [0.4, 0.5) is 5.88 Å². The van der Waals surface area contributed by atoms with Gasteiger partial charge in [-0.05, 0) is 75.4 Å². The minimum atomic E-state index is -3.80. The molecule has 0 radical (unpaired) electrons. The van der Waals surface area contributed by atoms with Crippen molar-refractivity contribution in [2.75, 3.05) is 11.8 Å². The largest absolute Gasteiger partial charge is 0.497 e. The molecule has 4 rings (SSSR count). The van der Waals surface area contributed by atoms with Crippen LogP contribution in [0.15, 0.2) is 86.7 Å². The molecule has 0 saturated heterocycles. The van der Waals surface area contributed by atoms with Crippen molar-refractivity contribution in [3.8, 4) is 28.0 Å². The molecule has 0 spiro atoms. The van der Waals surface area contributed by atoms with Crippen LogP contribution in [0.2, 0.25) is 0 Å². The van der Waals surface area contributed by atoms with Gasteiger partial charge in [-0.25, -0.2) is 13.1 Å². The Labute approximate surface area is 189 Å². The Bertz CT molecular complexity index is 1310. The third kappa shape index (κ3) is 4.50. The van der Waals surface area contributed by atoms with Crippen LogP contribution >= 0.6 is 15.9 Å². The minimum Gasteiger partial charge on any atom is -0.497 e. The summed E-state index contributed by atoms with van der Waals surface area (Å²) in [5.74, 6) is 0.853. The summed E-state index contributed by atoms with van der Waals surface area (Å²) in [5, 5.41) is 3.73. The number of sulfonamides is 1. The highest BCUT2D eigenvalue weighted by Crippen LogP contribution is 2.30. The SMILES string of the molecule is COc1ccc(-c2cccc(-c3ccc(S(=O)(=O)Nc4onc(C)c4Br)cc3)c2)cc1. The number of nitrogens with zero attached hydrogens (tertiary/aromatic N) is 1. The van der Waals surface area contributed by atoms with Gasteiger partial charge in [-0.2, -0.15) is 0 Å². The number of nitrogens with one attached hydrogen (secondary N) is 1. The molecule has 0 saturated carbocycles. The van der Waals surface area contributed by atoms with Crippen LogP contribution in [0.1, 0.15) is 5.69 Å². The zero-order chi connectivity index (χ0) is 22.0. The molecule has 0 atom stereocenters. The molecule has 158 valence electrons. The minimum absolute atomic E-state index is 0.0498. The number of hydrogen-bond acceptors (Lipinski definition) is 5. The Morgan fingerprint density at radius 3 is 2.00 bits per heavy atom. The average Bonchev–Trinajstić information content (AvgIpc) is 3.11. The zero-order valence-electron chi connectivity index (χ0n) is 16.8. The van der Waals surface area contributed by atoms with Gasteiger partial charge >= 0.3 is 0 Å². The van der Waals surface area contributed by atoms with Gasteiger partial charge in [0.1, 0.15) is 10.2 Å². The summed E-state index contributed by atoms with van der Waals surface area (Å²) < 4.78 is 38.5. The first-order valence-electron chi connectivity index (χ1n) is 9.37. The van der Waals surface area contributed by atoms with E-state index in [1.54, 1.807) is 38.3 Å². The summed E-state index contributed by atoms with van der Waals surface area (Å²) in [5.41, 5.74) is 4.58. The number of ether oxygens (including phenoxy) is 1. The molecular weight excluding hydrogens is 480 g/mol. The lowest BCUT2D eigenvalue weighted by Gasteiger charge is -2.09.